The minimum atomic E-state index is -1.08. The second-order valence-electron chi connectivity index (χ2n) is 10.4. The highest BCUT2D eigenvalue weighted by Gasteiger charge is 2.37. The van der Waals surface area contributed by atoms with Crippen molar-refractivity contribution in [2.45, 2.75) is 59.0 Å². The zero-order valence-corrected chi connectivity index (χ0v) is 23.3. The van der Waals surface area contributed by atoms with Gasteiger partial charge in [-0.1, -0.05) is 23.2 Å². The van der Waals surface area contributed by atoms with Crippen LogP contribution in [0.3, 0.4) is 0 Å². The summed E-state index contributed by atoms with van der Waals surface area (Å²) in [7, 11) is 0.110. The van der Waals surface area contributed by atoms with E-state index >= 15 is 4.39 Å². The first-order valence-corrected chi connectivity index (χ1v) is 13.3. The van der Waals surface area contributed by atoms with Crippen LogP contribution in [0.4, 0.5) is 4.39 Å². The molecule has 1 atom stereocenters. The van der Waals surface area contributed by atoms with Crippen LogP contribution >= 0.6 is 34.5 Å². The Morgan fingerprint density at radius 1 is 1.11 bits per heavy atom. The van der Waals surface area contributed by atoms with Crippen molar-refractivity contribution < 1.29 is 18.9 Å². The van der Waals surface area contributed by atoms with Crippen molar-refractivity contribution in [1.29, 1.82) is 0 Å². The largest absolute Gasteiger partial charge is 0.464 e. The van der Waals surface area contributed by atoms with E-state index in [1.165, 1.54) is 16.5 Å². The Labute approximate surface area is 224 Å². The molecular formula is C27H27BCl2FNO3S. The molecule has 2 aromatic carbocycles. The number of hydrogen-bond acceptors (Lipinski definition) is 4. The van der Waals surface area contributed by atoms with Gasteiger partial charge in [-0.25, -0.2) is 4.39 Å². The van der Waals surface area contributed by atoms with Crippen LogP contribution in [0.5, 0.6) is 5.75 Å². The third-order valence-electron chi connectivity index (χ3n) is 7.23. The van der Waals surface area contributed by atoms with Gasteiger partial charge in [0.25, 0.3) is 0 Å². The molecule has 0 aliphatic carbocycles. The summed E-state index contributed by atoms with van der Waals surface area (Å²) in [5.74, 6) is -0.0621. The molecule has 0 radical (unpaired) electrons. The second kappa shape index (κ2) is 8.78. The van der Waals surface area contributed by atoms with Crippen molar-refractivity contribution in [2.24, 2.45) is 0 Å². The molecule has 1 aliphatic heterocycles. The molecule has 2 aromatic heterocycles. The maximum absolute atomic E-state index is 15.8. The van der Waals surface area contributed by atoms with E-state index in [1.807, 2.05) is 10.6 Å². The average molecular weight is 546 g/mol. The fourth-order valence-corrected chi connectivity index (χ4v) is 5.86. The summed E-state index contributed by atoms with van der Waals surface area (Å²) >= 11 is 14.8. The molecule has 1 unspecified atom stereocenters. The molecule has 5 rings (SSSR count). The summed E-state index contributed by atoms with van der Waals surface area (Å²) in [4.78, 5) is 2.18. The van der Waals surface area contributed by atoms with E-state index in [0.717, 1.165) is 15.8 Å². The molecule has 0 saturated heterocycles. The van der Waals surface area contributed by atoms with Gasteiger partial charge < -0.3 is 14.5 Å². The highest BCUT2D eigenvalue weighted by molar-refractivity contribution is 7.12. The SMILES string of the molecule is Cc1cc(C2Oc3cc(BOC(C)(C)C(C)(C)O)cc(F)c3-c3c(Cl)c4cc(Cl)ccc4n32)sc1C. The molecule has 4 aromatic rings. The summed E-state index contributed by atoms with van der Waals surface area (Å²) in [6.07, 6.45) is -0.524. The molecule has 0 spiro atoms. The van der Waals surface area contributed by atoms with E-state index in [9.17, 15) is 5.11 Å². The highest BCUT2D eigenvalue weighted by Crippen LogP contribution is 2.50. The van der Waals surface area contributed by atoms with Gasteiger partial charge in [-0.05, 0) is 89.0 Å². The zero-order valence-electron chi connectivity index (χ0n) is 21.0. The smallest absolute Gasteiger partial charge is 0.309 e. The predicted octanol–water partition coefficient (Wildman–Crippen LogP) is 6.91. The number of aromatic nitrogens is 1. The lowest BCUT2D eigenvalue weighted by atomic mass is 9.82. The predicted molar refractivity (Wildman–Crippen MR) is 148 cm³/mol. The highest BCUT2D eigenvalue weighted by atomic mass is 35.5. The van der Waals surface area contributed by atoms with Gasteiger partial charge in [-0.2, -0.15) is 0 Å². The van der Waals surface area contributed by atoms with Gasteiger partial charge >= 0.3 is 7.48 Å². The Balaban J connectivity index is 1.68. The quantitative estimate of drug-likeness (QED) is 0.277. The number of aliphatic hydroxyl groups is 1. The molecule has 1 N–H and O–H groups in total. The number of nitrogens with zero attached hydrogens (tertiary/aromatic N) is 1. The van der Waals surface area contributed by atoms with Crippen LogP contribution in [-0.4, -0.2) is 28.4 Å². The minimum absolute atomic E-state index is 0.110. The molecule has 4 nitrogen and oxygen atoms in total. The van der Waals surface area contributed by atoms with E-state index in [4.69, 9.17) is 32.6 Å². The van der Waals surface area contributed by atoms with Gasteiger partial charge in [0, 0.05) is 15.3 Å². The molecular weight excluding hydrogens is 519 g/mol. The summed E-state index contributed by atoms with van der Waals surface area (Å²) in [5.41, 5.74) is 1.53. The van der Waals surface area contributed by atoms with E-state index in [2.05, 4.69) is 19.9 Å². The van der Waals surface area contributed by atoms with Gasteiger partial charge in [0.05, 0.1) is 37.9 Å². The normalized spacial score (nSPS) is 15.6. The van der Waals surface area contributed by atoms with Crippen LogP contribution in [-0.2, 0) is 4.65 Å². The maximum atomic E-state index is 15.8. The van der Waals surface area contributed by atoms with E-state index < -0.39 is 23.2 Å². The first kappa shape index (κ1) is 25.6. The molecule has 0 fully saturated rings. The van der Waals surface area contributed by atoms with E-state index in [-0.39, 0.29) is 7.48 Å². The summed E-state index contributed by atoms with van der Waals surface area (Å²) in [6, 6.07) is 10.8. The number of benzene rings is 2. The first-order chi connectivity index (χ1) is 16.8. The van der Waals surface area contributed by atoms with Crippen LogP contribution < -0.4 is 10.2 Å². The molecule has 1 aliphatic rings. The Kier molecular flexibility index (Phi) is 6.25. The van der Waals surface area contributed by atoms with Crippen molar-refractivity contribution >= 4 is 58.4 Å². The number of hydrogen-bond donors (Lipinski definition) is 1. The molecule has 0 bridgehead atoms. The van der Waals surface area contributed by atoms with E-state index in [1.54, 1.807) is 57.2 Å². The van der Waals surface area contributed by atoms with E-state index in [0.29, 0.717) is 32.5 Å². The topological polar surface area (TPSA) is 43.6 Å². The van der Waals surface area contributed by atoms with Gasteiger partial charge in [0.1, 0.15) is 11.6 Å². The minimum Gasteiger partial charge on any atom is -0.464 e. The lowest BCUT2D eigenvalue weighted by Crippen LogP contribution is -2.49. The Bertz CT molecular complexity index is 1490. The van der Waals surface area contributed by atoms with Crippen molar-refractivity contribution in [2.75, 3.05) is 0 Å². The standard InChI is InChI=1S/C27H27BCl2FNO3S/c1-13-9-21(36-14(13)2)25-32-19-8-7-16(29)12-17(19)23(30)24(32)22-18(31)10-15(11-20(22)34-25)28-35-27(5,6)26(3,4)33/h7-12,25,28,33H,1-6H3. The zero-order chi connectivity index (χ0) is 26.2. The molecule has 36 heavy (non-hydrogen) atoms. The lowest BCUT2D eigenvalue weighted by molar-refractivity contribution is -0.0893. The second-order valence-corrected chi connectivity index (χ2v) is 12.5. The van der Waals surface area contributed by atoms with Gasteiger partial charge in [0.2, 0.25) is 6.23 Å². The van der Waals surface area contributed by atoms with Crippen LogP contribution in [0.15, 0.2) is 36.4 Å². The van der Waals surface area contributed by atoms with Gasteiger partial charge in [-0.15, -0.1) is 11.3 Å². The van der Waals surface area contributed by atoms with Gasteiger partial charge in [-0.3, -0.25) is 4.57 Å². The monoisotopic (exact) mass is 545 g/mol. The molecule has 188 valence electrons. The van der Waals surface area contributed by atoms with Crippen LogP contribution in [0, 0.1) is 19.7 Å². The number of aryl methyl sites for hydroxylation is 2. The third kappa shape index (κ3) is 4.15. The van der Waals surface area contributed by atoms with Crippen molar-refractivity contribution in [3.05, 3.63) is 67.6 Å². The fraction of sp³-hybridized carbons (Fsp3) is 0.333. The first-order valence-electron chi connectivity index (χ1n) is 11.7. The van der Waals surface area contributed by atoms with Crippen molar-refractivity contribution in [3.8, 4) is 17.0 Å². The molecule has 0 amide bonds. The van der Waals surface area contributed by atoms with Crippen molar-refractivity contribution in [1.82, 2.24) is 4.57 Å². The lowest BCUT2D eigenvalue weighted by Gasteiger charge is -2.37. The molecule has 0 saturated carbocycles. The summed E-state index contributed by atoms with van der Waals surface area (Å²) in [5, 5.41) is 12.2. The maximum Gasteiger partial charge on any atom is 0.309 e. The molecule has 9 heteroatoms. The number of ether oxygens (including phenoxy) is 1. The Hall–Kier alpha value is -2.03. The number of halogens is 3. The fourth-order valence-electron chi connectivity index (χ4n) is 4.28. The molecule has 3 heterocycles. The van der Waals surface area contributed by atoms with Crippen LogP contribution in [0.2, 0.25) is 10.0 Å². The summed E-state index contributed by atoms with van der Waals surface area (Å²) < 4.78 is 30.2. The number of rotatable bonds is 5. The van der Waals surface area contributed by atoms with Crippen LogP contribution in [0.25, 0.3) is 22.2 Å². The van der Waals surface area contributed by atoms with Crippen molar-refractivity contribution in [3.63, 3.8) is 0 Å². The van der Waals surface area contributed by atoms with Crippen LogP contribution in [0.1, 0.15) is 49.2 Å². The third-order valence-corrected chi connectivity index (χ3v) is 9.03. The Morgan fingerprint density at radius 2 is 1.83 bits per heavy atom. The summed E-state index contributed by atoms with van der Waals surface area (Å²) in [6.45, 7) is 11.1. The number of thiophene rings is 1. The Morgan fingerprint density at radius 3 is 2.47 bits per heavy atom. The average Bonchev–Trinajstić information content (AvgIpc) is 3.27. The number of fused-ring (bicyclic) bond motifs is 5. The van der Waals surface area contributed by atoms with Gasteiger partial charge in [0.15, 0.2) is 0 Å².